The highest BCUT2D eigenvalue weighted by atomic mass is 16.5. The van der Waals surface area contributed by atoms with E-state index in [1.165, 1.54) is 6.92 Å². The Hall–Kier alpha value is -1.30. The minimum absolute atomic E-state index is 0.147. The molecule has 2 amide bonds. The third kappa shape index (κ3) is 6.73. The monoisotopic (exact) mass is 218 g/mol. The molecule has 1 unspecified atom stereocenters. The molecule has 0 rings (SSSR count). The first kappa shape index (κ1) is 13.7. The number of rotatable bonds is 6. The lowest BCUT2D eigenvalue weighted by Gasteiger charge is -2.15. The molecule has 0 saturated heterocycles. The number of carboxylic acid groups (broad SMARTS) is 1. The molecule has 0 aromatic carbocycles. The van der Waals surface area contributed by atoms with E-state index < -0.39 is 18.0 Å². The highest BCUT2D eigenvalue weighted by molar-refractivity contribution is 5.82. The Labute approximate surface area is 89.0 Å². The maximum absolute atomic E-state index is 11.2. The Balaban J connectivity index is 3.77. The summed E-state index contributed by atoms with van der Waals surface area (Å²) in [6.45, 7) is 6.03. The van der Waals surface area contributed by atoms with E-state index in [9.17, 15) is 9.59 Å². The second kappa shape index (κ2) is 7.05. The number of hydrogen-bond donors (Lipinski definition) is 3. The van der Waals surface area contributed by atoms with Crippen LogP contribution in [0.15, 0.2) is 0 Å². The lowest BCUT2D eigenvalue weighted by molar-refractivity contribution is -0.138. The lowest BCUT2D eigenvalue weighted by Crippen LogP contribution is -2.48. The van der Waals surface area contributed by atoms with Gasteiger partial charge in [0.2, 0.25) is 0 Å². The van der Waals surface area contributed by atoms with Gasteiger partial charge in [0.25, 0.3) is 0 Å². The van der Waals surface area contributed by atoms with E-state index in [1.54, 1.807) is 6.92 Å². The molecule has 88 valence electrons. The van der Waals surface area contributed by atoms with E-state index in [-0.39, 0.29) is 6.04 Å². The Bertz CT molecular complexity index is 220. The number of carbonyl (C=O) groups is 2. The Morgan fingerprint density at radius 2 is 1.93 bits per heavy atom. The van der Waals surface area contributed by atoms with Crippen LogP contribution in [0, 0.1) is 0 Å². The van der Waals surface area contributed by atoms with E-state index in [0.717, 1.165) is 0 Å². The Morgan fingerprint density at radius 3 is 2.40 bits per heavy atom. The molecule has 6 nitrogen and oxygen atoms in total. The fourth-order valence-electron chi connectivity index (χ4n) is 0.860. The molecule has 0 aliphatic rings. The van der Waals surface area contributed by atoms with Crippen LogP contribution in [0.4, 0.5) is 4.79 Å². The van der Waals surface area contributed by atoms with Crippen LogP contribution in [0.25, 0.3) is 0 Å². The number of carboxylic acids is 1. The Kier molecular flexibility index (Phi) is 6.44. The predicted molar refractivity (Wildman–Crippen MR) is 54.7 cm³/mol. The van der Waals surface area contributed by atoms with Gasteiger partial charge in [0.1, 0.15) is 6.04 Å². The number of carbonyl (C=O) groups excluding carboxylic acids is 1. The van der Waals surface area contributed by atoms with Crippen molar-refractivity contribution in [1.29, 1.82) is 0 Å². The van der Waals surface area contributed by atoms with Crippen molar-refractivity contribution < 1.29 is 19.4 Å². The molecule has 6 heteroatoms. The summed E-state index contributed by atoms with van der Waals surface area (Å²) < 4.78 is 5.09. The van der Waals surface area contributed by atoms with Gasteiger partial charge in [-0.25, -0.2) is 4.79 Å². The molecule has 15 heavy (non-hydrogen) atoms. The molecule has 0 spiro atoms. The van der Waals surface area contributed by atoms with Gasteiger partial charge in [-0.1, -0.05) is 0 Å². The molecule has 0 heterocycles. The molecule has 0 bridgehead atoms. The van der Waals surface area contributed by atoms with Crippen LogP contribution in [-0.2, 0) is 9.53 Å². The zero-order chi connectivity index (χ0) is 11.8. The van der Waals surface area contributed by atoms with Crippen molar-refractivity contribution in [1.82, 2.24) is 10.6 Å². The topological polar surface area (TPSA) is 87.7 Å². The molecule has 2 atom stereocenters. The fraction of sp³-hybridized carbons (Fsp3) is 0.778. The first-order chi connectivity index (χ1) is 6.97. The number of urea groups is 1. The molecular formula is C9H18N2O4. The van der Waals surface area contributed by atoms with Crippen molar-refractivity contribution in [3.63, 3.8) is 0 Å². The van der Waals surface area contributed by atoms with Crippen LogP contribution in [0.3, 0.4) is 0 Å². The maximum atomic E-state index is 11.2. The van der Waals surface area contributed by atoms with Crippen molar-refractivity contribution in [2.45, 2.75) is 32.9 Å². The van der Waals surface area contributed by atoms with E-state index in [2.05, 4.69) is 10.6 Å². The Morgan fingerprint density at radius 1 is 1.33 bits per heavy atom. The van der Waals surface area contributed by atoms with E-state index in [1.807, 2.05) is 6.92 Å². The second-order valence-corrected chi connectivity index (χ2v) is 3.24. The van der Waals surface area contributed by atoms with Gasteiger partial charge >= 0.3 is 12.0 Å². The first-order valence-electron chi connectivity index (χ1n) is 4.85. The standard InChI is InChI=1S/C9H18N2O4/c1-4-15-5-6(2)10-9(14)11-7(3)8(12)13/h6-7H,4-5H2,1-3H3,(H,12,13)(H2,10,11,14)/t6?,7-/m1/s1. The fourth-order valence-corrected chi connectivity index (χ4v) is 0.860. The quantitative estimate of drug-likeness (QED) is 0.593. The average molecular weight is 218 g/mol. The molecule has 0 saturated carbocycles. The average Bonchev–Trinajstić information content (AvgIpc) is 2.14. The number of ether oxygens (including phenoxy) is 1. The van der Waals surface area contributed by atoms with Crippen molar-refractivity contribution in [2.75, 3.05) is 13.2 Å². The van der Waals surface area contributed by atoms with Gasteiger partial charge in [0.05, 0.1) is 12.6 Å². The molecule has 0 radical (unpaired) electrons. The molecule has 3 N–H and O–H groups in total. The molecule has 0 aliphatic carbocycles. The van der Waals surface area contributed by atoms with Gasteiger partial charge in [0.15, 0.2) is 0 Å². The summed E-state index contributed by atoms with van der Waals surface area (Å²) in [5.74, 6) is -1.07. The van der Waals surface area contributed by atoms with Crippen molar-refractivity contribution in [3.8, 4) is 0 Å². The summed E-state index contributed by atoms with van der Waals surface area (Å²) >= 11 is 0. The van der Waals surface area contributed by atoms with Gasteiger partial charge in [-0.2, -0.15) is 0 Å². The zero-order valence-corrected chi connectivity index (χ0v) is 9.24. The van der Waals surface area contributed by atoms with Crippen molar-refractivity contribution in [3.05, 3.63) is 0 Å². The maximum Gasteiger partial charge on any atom is 0.325 e. The highest BCUT2D eigenvalue weighted by Crippen LogP contribution is 1.86. The SMILES string of the molecule is CCOCC(C)NC(=O)N[C@H](C)C(=O)O. The first-order valence-corrected chi connectivity index (χ1v) is 4.85. The summed E-state index contributed by atoms with van der Waals surface area (Å²) in [4.78, 5) is 21.6. The molecule has 0 aromatic rings. The number of aliphatic carboxylic acids is 1. The van der Waals surface area contributed by atoms with Crippen molar-refractivity contribution >= 4 is 12.0 Å². The molecule has 0 aromatic heterocycles. The molecule has 0 aliphatic heterocycles. The summed E-state index contributed by atoms with van der Waals surface area (Å²) in [6.07, 6.45) is 0. The second-order valence-electron chi connectivity index (χ2n) is 3.24. The van der Waals surface area contributed by atoms with Crippen LogP contribution in [0.1, 0.15) is 20.8 Å². The highest BCUT2D eigenvalue weighted by Gasteiger charge is 2.14. The minimum Gasteiger partial charge on any atom is -0.480 e. The minimum atomic E-state index is -1.07. The normalized spacial score (nSPS) is 14.1. The van der Waals surface area contributed by atoms with E-state index >= 15 is 0 Å². The third-order valence-corrected chi connectivity index (χ3v) is 1.67. The molecule has 0 fully saturated rings. The van der Waals surface area contributed by atoms with Gasteiger partial charge in [0, 0.05) is 6.61 Å². The largest absolute Gasteiger partial charge is 0.480 e. The van der Waals surface area contributed by atoms with E-state index in [4.69, 9.17) is 9.84 Å². The van der Waals surface area contributed by atoms with Crippen LogP contribution in [0.5, 0.6) is 0 Å². The van der Waals surface area contributed by atoms with Gasteiger partial charge < -0.3 is 20.5 Å². The summed E-state index contributed by atoms with van der Waals surface area (Å²) in [7, 11) is 0. The molecular weight excluding hydrogens is 200 g/mol. The summed E-state index contributed by atoms with van der Waals surface area (Å²) in [6, 6.07) is -1.55. The lowest BCUT2D eigenvalue weighted by atomic mass is 10.3. The summed E-state index contributed by atoms with van der Waals surface area (Å²) in [5.41, 5.74) is 0. The van der Waals surface area contributed by atoms with Gasteiger partial charge in [-0.05, 0) is 20.8 Å². The number of nitrogens with one attached hydrogen (secondary N) is 2. The van der Waals surface area contributed by atoms with Crippen LogP contribution < -0.4 is 10.6 Å². The number of amides is 2. The van der Waals surface area contributed by atoms with Crippen LogP contribution in [0.2, 0.25) is 0 Å². The van der Waals surface area contributed by atoms with E-state index in [0.29, 0.717) is 13.2 Å². The van der Waals surface area contributed by atoms with Gasteiger partial charge in [-0.3, -0.25) is 4.79 Å². The van der Waals surface area contributed by atoms with Crippen LogP contribution >= 0.6 is 0 Å². The number of hydrogen-bond acceptors (Lipinski definition) is 3. The summed E-state index contributed by atoms with van der Waals surface area (Å²) in [5, 5.41) is 13.4. The van der Waals surface area contributed by atoms with Gasteiger partial charge in [-0.15, -0.1) is 0 Å². The smallest absolute Gasteiger partial charge is 0.325 e. The zero-order valence-electron chi connectivity index (χ0n) is 9.24. The van der Waals surface area contributed by atoms with Crippen LogP contribution in [-0.4, -0.2) is 42.4 Å². The predicted octanol–water partition coefficient (Wildman–Crippen LogP) is 0.184. The van der Waals surface area contributed by atoms with Crippen molar-refractivity contribution in [2.24, 2.45) is 0 Å². The third-order valence-electron chi connectivity index (χ3n) is 1.67.